The number of nitrogens with one attached hydrogen (secondary N) is 1. The fraction of sp³-hybridized carbons (Fsp3) is 0.500. The third-order valence-corrected chi connectivity index (χ3v) is 1.14. The van der Waals surface area contributed by atoms with Crippen LogP contribution < -0.4 is 5.32 Å². The molecule has 0 aromatic carbocycles. The Bertz CT molecular complexity index is 170. The van der Waals surface area contributed by atoms with Gasteiger partial charge in [0.15, 0.2) is 0 Å². The van der Waals surface area contributed by atoms with Gasteiger partial charge in [0.05, 0.1) is 12.6 Å². The quantitative estimate of drug-likeness (QED) is 0.567. The molecule has 3 nitrogen and oxygen atoms in total. The Morgan fingerprint density at radius 1 is 1.90 bits per heavy atom. The van der Waals surface area contributed by atoms with E-state index in [2.05, 4.69) is 15.2 Å². The molecule has 1 unspecified atom stereocenters. The Hall–Kier alpha value is -0.280. The normalized spacial score (nSPS) is 11.4. The number of carboxylic acid groups (broad SMARTS) is 1. The maximum Gasteiger partial charge on any atom is 0.317 e. The monoisotopic (exact) mass is 253 g/mol. The van der Waals surface area contributed by atoms with Crippen LogP contribution in [0, 0.1) is 9.85 Å². The fourth-order valence-corrected chi connectivity index (χ4v) is 0.840. The first-order valence-corrected chi connectivity index (χ1v) is 3.81. The van der Waals surface area contributed by atoms with Crippen molar-refractivity contribution in [2.75, 3.05) is 6.54 Å². The van der Waals surface area contributed by atoms with E-state index in [1.165, 1.54) is 0 Å². The third-order valence-electron chi connectivity index (χ3n) is 0.831. The van der Waals surface area contributed by atoms with Gasteiger partial charge in [0.2, 0.25) is 0 Å². The zero-order valence-electron chi connectivity index (χ0n) is 5.52. The van der Waals surface area contributed by atoms with Crippen LogP contribution in [0.1, 0.15) is 6.92 Å². The number of hydrogen-bond donors (Lipinski definition) is 2. The van der Waals surface area contributed by atoms with E-state index in [0.717, 1.165) is 0 Å². The molecular weight excluding hydrogens is 245 g/mol. The number of rotatable bonds is 3. The highest BCUT2D eigenvalue weighted by Crippen LogP contribution is 1.79. The molecule has 0 aromatic rings. The highest BCUT2D eigenvalue weighted by molar-refractivity contribution is 14.1. The van der Waals surface area contributed by atoms with E-state index in [9.17, 15) is 4.79 Å². The van der Waals surface area contributed by atoms with Crippen molar-refractivity contribution in [1.29, 1.82) is 0 Å². The molecule has 2 N–H and O–H groups in total. The second kappa shape index (κ2) is 5.50. The largest absolute Gasteiger partial charge is 0.480 e. The van der Waals surface area contributed by atoms with E-state index in [1.54, 1.807) is 0 Å². The van der Waals surface area contributed by atoms with Gasteiger partial charge in [0.1, 0.15) is 0 Å². The molecule has 0 aromatic heterocycles. The predicted octanol–water partition coefficient (Wildman–Crippen LogP) is 0.445. The summed E-state index contributed by atoms with van der Waals surface area (Å²) in [6, 6.07) is -0.0481. The molecule has 0 aliphatic rings. The molecule has 0 aliphatic heterocycles. The van der Waals surface area contributed by atoms with Gasteiger partial charge in [0, 0.05) is 22.6 Å². The van der Waals surface area contributed by atoms with Crippen molar-refractivity contribution in [3.05, 3.63) is 0 Å². The fourth-order valence-electron chi connectivity index (χ4n) is 0.373. The van der Waals surface area contributed by atoms with E-state index in [0.29, 0.717) is 0 Å². The van der Waals surface area contributed by atoms with Crippen molar-refractivity contribution >= 4 is 28.6 Å². The first-order valence-electron chi connectivity index (χ1n) is 2.73. The second-order valence-corrected chi connectivity index (χ2v) is 2.27. The summed E-state index contributed by atoms with van der Waals surface area (Å²) >= 11 is 1.91. The molecule has 1 atom stereocenters. The topological polar surface area (TPSA) is 49.3 Å². The lowest BCUT2D eigenvalue weighted by Crippen LogP contribution is -2.29. The summed E-state index contributed by atoms with van der Waals surface area (Å²) in [4.78, 5) is 10.00. The lowest BCUT2D eigenvalue weighted by molar-refractivity contribution is -0.136. The molecule has 4 heteroatoms. The van der Waals surface area contributed by atoms with Crippen molar-refractivity contribution < 1.29 is 9.90 Å². The number of hydrogen-bond acceptors (Lipinski definition) is 2. The van der Waals surface area contributed by atoms with Gasteiger partial charge in [-0.3, -0.25) is 10.1 Å². The summed E-state index contributed by atoms with van der Waals surface area (Å²) < 4.78 is 2.66. The minimum atomic E-state index is -0.859. The molecule has 0 saturated carbocycles. The van der Waals surface area contributed by atoms with Gasteiger partial charge >= 0.3 is 5.97 Å². The van der Waals surface area contributed by atoms with Crippen LogP contribution in [-0.2, 0) is 4.79 Å². The minimum Gasteiger partial charge on any atom is -0.480 e. The second-order valence-electron chi connectivity index (χ2n) is 1.74. The summed E-state index contributed by atoms with van der Waals surface area (Å²) in [6.45, 7) is 1.78. The van der Waals surface area contributed by atoms with Crippen LogP contribution in [0.3, 0.4) is 0 Å². The summed E-state index contributed by atoms with van der Waals surface area (Å²) in [5.74, 6) is 1.90. The maximum absolute atomic E-state index is 10.00. The Balaban J connectivity index is 3.46. The average molecular weight is 253 g/mol. The molecule has 10 heavy (non-hydrogen) atoms. The molecule has 0 rings (SSSR count). The summed E-state index contributed by atoms with van der Waals surface area (Å²) in [5, 5.41) is 10.9. The zero-order valence-corrected chi connectivity index (χ0v) is 7.68. The molecule has 0 heterocycles. The van der Waals surface area contributed by atoms with E-state index in [4.69, 9.17) is 5.11 Å². The van der Waals surface area contributed by atoms with Crippen LogP contribution in [0.2, 0.25) is 0 Å². The Morgan fingerprint density at radius 2 is 2.50 bits per heavy atom. The first kappa shape index (κ1) is 9.72. The van der Waals surface area contributed by atoms with Gasteiger partial charge < -0.3 is 5.11 Å². The first-order chi connectivity index (χ1) is 4.66. The SMILES string of the molecule is CC(C#CI)NCC(=O)O. The summed E-state index contributed by atoms with van der Waals surface area (Å²) in [5.41, 5.74) is 0. The zero-order chi connectivity index (χ0) is 7.98. The number of carboxylic acids is 1. The molecular formula is C6H8INO2. The van der Waals surface area contributed by atoms with E-state index >= 15 is 0 Å². The minimum absolute atomic E-state index is 0.0352. The van der Waals surface area contributed by atoms with Crippen molar-refractivity contribution in [2.45, 2.75) is 13.0 Å². The van der Waals surface area contributed by atoms with Gasteiger partial charge in [-0.25, -0.2) is 0 Å². The highest BCUT2D eigenvalue weighted by Gasteiger charge is 1.98. The van der Waals surface area contributed by atoms with Crippen molar-refractivity contribution in [3.8, 4) is 9.85 Å². The lowest BCUT2D eigenvalue weighted by atomic mass is 10.3. The molecule has 0 bridgehead atoms. The van der Waals surface area contributed by atoms with Gasteiger partial charge in [-0.1, -0.05) is 5.92 Å². The summed E-state index contributed by atoms with van der Waals surface area (Å²) in [6.07, 6.45) is 0. The van der Waals surface area contributed by atoms with Gasteiger partial charge in [-0.05, 0) is 10.9 Å². The smallest absolute Gasteiger partial charge is 0.317 e. The molecule has 0 fully saturated rings. The van der Waals surface area contributed by atoms with Crippen molar-refractivity contribution in [2.24, 2.45) is 0 Å². The molecule has 0 spiro atoms. The van der Waals surface area contributed by atoms with Crippen LogP contribution in [0.4, 0.5) is 0 Å². The van der Waals surface area contributed by atoms with E-state index in [1.807, 2.05) is 29.5 Å². The average Bonchev–Trinajstić information content (AvgIpc) is 1.85. The third kappa shape index (κ3) is 5.85. The Morgan fingerprint density at radius 3 is 2.90 bits per heavy atom. The number of carbonyl (C=O) groups is 1. The van der Waals surface area contributed by atoms with Crippen LogP contribution in [-0.4, -0.2) is 23.7 Å². The maximum atomic E-state index is 10.00. The lowest BCUT2D eigenvalue weighted by Gasteiger charge is -2.01. The van der Waals surface area contributed by atoms with Crippen molar-refractivity contribution in [1.82, 2.24) is 5.32 Å². The van der Waals surface area contributed by atoms with E-state index in [-0.39, 0.29) is 12.6 Å². The molecule has 0 aliphatic carbocycles. The van der Waals surface area contributed by atoms with Crippen LogP contribution in [0.25, 0.3) is 0 Å². The van der Waals surface area contributed by atoms with Gasteiger partial charge in [-0.2, -0.15) is 0 Å². The molecule has 0 radical (unpaired) electrons. The number of halogens is 1. The summed E-state index contributed by atoms with van der Waals surface area (Å²) in [7, 11) is 0. The van der Waals surface area contributed by atoms with Crippen LogP contribution >= 0.6 is 22.6 Å². The number of aliphatic carboxylic acids is 1. The van der Waals surface area contributed by atoms with Crippen LogP contribution in [0.5, 0.6) is 0 Å². The van der Waals surface area contributed by atoms with E-state index < -0.39 is 5.97 Å². The molecule has 0 saturated heterocycles. The predicted molar refractivity (Wildman–Crippen MR) is 46.9 cm³/mol. The molecule has 56 valence electrons. The molecule has 0 amide bonds. The van der Waals surface area contributed by atoms with Crippen molar-refractivity contribution in [3.63, 3.8) is 0 Å². The van der Waals surface area contributed by atoms with Gasteiger partial charge in [-0.15, -0.1) is 0 Å². The standard InChI is InChI=1S/C6H8INO2/c1-5(2-3-7)8-4-6(9)10/h5,8H,4H2,1H3,(H,9,10). The highest BCUT2D eigenvalue weighted by atomic mass is 127. The Labute approximate surface area is 73.3 Å². The Kier molecular flexibility index (Phi) is 5.35. The van der Waals surface area contributed by atoms with Gasteiger partial charge in [0.25, 0.3) is 0 Å². The van der Waals surface area contributed by atoms with Crippen LogP contribution in [0.15, 0.2) is 0 Å².